The number of fused-ring (bicyclic) bond motifs is 3. The van der Waals surface area contributed by atoms with E-state index in [0.29, 0.717) is 23.6 Å². The summed E-state index contributed by atoms with van der Waals surface area (Å²) in [5.41, 5.74) is 0.997. The Morgan fingerprint density at radius 3 is 2.65 bits per heavy atom. The fourth-order valence-corrected chi connectivity index (χ4v) is 5.02. The molecule has 7 nitrogen and oxygen atoms in total. The van der Waals surface area contributed by atoms with Gasteiger partial charge in [0.2, 0.25) is 5.91 Å². The number of nitrogens with zero attached hydrogens (tertiary/aromatic N) is 2. The molecule has 1 saturated carbocycles. The molecule has 0 spiro atoms. The molecule has 4 heterocycles. The molecule has 31 heavy (non-hydrogen) atoms. The van der Waals surface area contributed by atoms with Gasteiger partial charge in [-0.25, -0.2) is 0 Å². The molecule has 0 saturated heterocycles. The Labute approximate surface area is 181 Å². The minimum atomic E-state index is -1.04. The molecule has 1 atom stereocenters. The van der Waals surface area contributed by atoms with E-state index < -0.39 is 5.54 Å². The Hall–Kier alpha value is -2.96. The Kier molecular flexibility index (Phi) is 5.12. The Balaban J connectivity index is 1.48. The third-order valence-electron chi connectivity index (χ3n) is 6.87. The van der Waals surface area contributed by atoms with Gasteiger partial charge in [-0.1, -0.05) is 32.1 Å². The predicted octanol–water partition coefficient (Wildman–Crippen LogP) is 4.47. The second-order valence-electron chi connectivity index (χ2n) is 9.05. The van der Waals surface area contributed by atoms with Crippen LogP contribution in [0.2, 0.25) is 0 Å². The summed E-state index contributed by atoms with van der Waals surface area (Å²) >= 11 is 0. The van der Waals surface area contributed by atoms with E-state index in [2.05, 4.69) is 5.32 Å². The van der Waals surface area contributed by atoms with Gasteiger partial charge in [0.1, 0.15) is 17.0 Å². The maximum Gasteiger partial charge on any atom is 0.272 e. The highest BCUT2D eigenvalue weighted by Gasteiger charge is 2.48. The van der Waals surface area contributed by atoms with E-state index in [1.807, 2.05) is 23.6 Å². The Morgan fingerprint density at radius 1 is 1.13 bits per heavy atom. The fourth-order valence-electron chi connectivity index (χ4n) is 5.02. The standard InChI is InChI=1S/C24H29N3O4/c1-24(23(29)25-17-8-5-3-2-4-6-9-17)16-26-19-11-13-31-21(19)14-20(26)22(28)27(24)15-18-10-7-12-30-18/h7,10-14,17H,2-6,8-9,15-16H2,1H3,(H,25,29)/t24-/m1/s1. The smallest absolute Gasteiger partial charge is 0.272 e. The minimum Gasteiger partial charge on any atom is -0.467 e. The van der Waals surface area contributed by atoms with Gasteiger partial charge in [0.15, 0.2) is 5.58 Å². The van der Waals surface area contributed by atoms with Crippen LogP contribution >= 0.6 is 0 Å². The first-order valence-corrected chi connectivity index (χ1v) is 11.3. The van der Waals surface area contributed by atoms with Crippen LogP contribution in [0.5, 0.6) is 0 Å². The molecule has 2 amide bonds. The number of aromatic nitrogens is 1. The number of amides is 2. The highest BCUT2D eigenvalue weighted by molar-refractivity contribution is 6.02. The molecule has 1 fully saturated rings. The van der Waals surface area contributed by atoms with Crippen molar-refractivity contribution in [1.29, 1.82) is 0 Å². The molecule has 0 aromatic carbocycles. The van der Waals surface area contributed by atoms with Crippen molar-refractivity contribution >= 4 is 22.9 Å². The number of rotatable bonds is 4. The van der Waals surface area contributed by atoms with Crippen molar-refractivity contribution in [2.24, 2.45) is 0 Å². The van der Waals surface area contributed by atoms with Gasteiger partial charge in [-0.05, 0) is 31.9 Å². The van der Waals surface area contributed by atoms with E-state index in [1.54, 1.807) is 29.6 Å². The average Bonchev–Trinajstić information content (AvgIpc) is 3.46. The first kappa shape index (κ1) is 20.0. The van der Waals surface area contributed by atoms with Gasteiger partial charge in [-0.2, -0.15) is 0 Å². The van der Waals surface area contributed by atoms with E-state index in [9.17, 15) is 9.59 Å². The zero-order valence-corrected chi connectivity index (χ0v) is 17.9. The summed E-state index contributed by atoms with van der Waals surface area (Å²) < 4.78 is 13.0. The summed E-state index contributed by atoms with van der Waals surface area (Å²) in [6.45, 7) is 2.48. The van der Waals surface area contributed by atoms with Gasteiger partial charge >= 0.3 is 0 Å². The molecule has 7 heteroatoms. The lowest BCUT2D eigenvalue weighted by atomic mass is 9.92. The molecule has 2 aliphatic rings. The molecule has 1 aliphatic carbocycles. The van der Waals surface area contributed by atoms with Crippen LogP contribution in [0.1, 0.15) is 68.1 Å². The van der Waals surface area contributed by atoms with Crippen molar-refractivity contribution in [3.8, 4) is 0 Å². The van der Waals surface area contributed by atoms with Crippen LogP contribution in [-0.4, -0.2) is 32.9 Å². The fraction of sp³-hybridized carbons (Fsp3) is 0.500. The molecule has 3 aromatic rings. The summed E-state index contributed by atoms with van der Waals surface area (Å²) in [4.78, 5) is 28.9. The minimum absolute atomic E-state index is 0.103. The van der Waals surface area contributed by atoms with Crippen LogP contribution in [0.4, 0.5) is 0 Å². The van der Waals surface area contributed by atoms with Gasteiger partial charge in [0, 0.05) is 18.2 Å². The number of nitrogens with one attached hydrogen (secondary N) is 1. The second kappa shape index (κ2) is 7.94. The maximum atomic E-state index is 13.7. The van der Waals surface area contributed by atoms with Crippen LogP contribution in [0.15, 0.2) is 45.6 Å². The van der Waals surface area contributed by atoms with Crippen molar-refractivity contribution in [2.45, 2.75) is 76.5 Å². The lowest BCUT2D eigenvalue weighted by Crippen LogP contribution is -2.64. The third kappa shape index (κ3) is 3.56. The molecular formula is C24H29N3O4. The predicted molar refractivity (Wildman–Crippen MR) is 115 cm³/mol. The monoisotopic (exact) mass is 423 g/mol. The van der Waals surface area contributed by atoms with E-state index in [-0.39, 0.29) is 24.4 Å². The van der Waals surface area contributed by atoms with Gasteiger partial charge in [0.05, 0.1) is 31.1 Å². The highest BCUT2D eigenvalue weighted by atomic mass is 16.3. The van der Waals surface area contributed by atoms with Crippen LogP contribution in [-0.2, 0) is 17.9 Å². The zero-order valence-electron chi connectivity index (χ0n) is 17.9. The van der Waals surface area contributed by atoms with Gasteiger partial charge in [-0.3, -0.25) is 9.59 Å². The SMILES string of the molecule is C[C@]1(C(=O)NC2CCCCCCC2)Cn2c(cc3occc32)C(=O)N1Cc1ccco1. The summed E-state index contributed by atoms with van der Waals surface area (Å²) in [6.07, 6.45) is 11.2. The van der Waals surface area contributed by atoms with Crippen molar-refractivity contribution in [3.63, 3.8) is 0 Å². The molecule has 0 unspecified atom stereocenters. The largest absolute Gasteiger partial charge is 0.467 e. The molecule has 164 valence electrons. The highest BCUT2D eigenvalue weighted by Crippen LogP contribution is 2.34. The molecule has 3 aromatic heterocycles. The molecular weight excluding hydrogens is 394 g/mol. The van der Waals surface area contributed by atoms with Gasteiger partial charge in [0.25, 0.3) is 5.91 Å². The third-order valence-corrected chi connectivity index (χ3v) is 6.87. The normalized spacial score (nSPS) is 22.9. The quantitative estimate of drug-likeness (QED) is 0.671. The number of furan rings is 2. The topological polar surface area (TPSA) is 80.6 Å². The van der Waals surface area contributed by atoms with E-state index in [4.69, 9.17) is 8.83 Å². The first-order valence-electron chi connectivity index (χ1n) is 11.3. The summed E-state index contributed by atoms with van der Waals surface area (Å²) in [5, 5.41) is 3.29. The summed E-state index contributed by atoms with van der Waals surface area (Å²) in [7, 11) is 0. The van der Waals surface area contributed by atoms with Crippen LogP contribution < -0.4 is 5.32 Å². The first-order chi connectivity index (χ1) is 15.1. The number of carbonyl (C=O) groups excluding carboxylic acids is 2. The lowest BCUT2D eigenvalue weighted by molar-refractivity contribution is -0.134. The number of hydrogen-bond donors (Lipinski definition) is 1. The summed E-state index contributed by atoms with van der Waals surface area (Å²) in [6, 6.07) is 7.40. The van der Waals surface area contributed by atoms with Crippen molar-refractivity contribution < 1.29 is 18.4 Å². The van der Waals surface area contributed by atoms with E-state index in [0.717, 1.165) is 31.2 Å². The lowest BCUT2D eigenvalue weighted by Gasteiger charge is -2.44. The van der Waals surface area contributed by atoms with Crippen molar-refractivity contribution in [3.05, 3.63) is 48.2 Å². The Bertz CT molecular complexity index is 1070. The van der Waals surface area contributed by atoms with Gasteiger partial charge in [-0.15, -0.1) is 0 Å². The average molecular weight is 424 g/mol. The molecule has 1 N–H and O–H groups in total. The van der Waals surface area contributed by atoms with E-state index in [1.165, 1.54) is 19.3 Å². The van der Waals surface area contributed by atoms with Gasteiger partial charge < -0.3 is 23.6 Å². The number of hydrogen-bond acceptors (Lipinski definition) is 4. The van der Waals surface area contributed by atoms with E-state index >= 15 is 0 Å². The van der Waals surface area contributed by atoms with Crippen LogP contribution in [0.25, 0.3) is 11.1 Å². The Morgan fingerprint density at radius 2 is 1.90 bits per heavy atom. The molecule has 5 rings (SSSR count). The zero-order chi connectivity index (χ0) is 21.4. The maximum absolute atomic E-state index is 13.7. The van der Waals surface area contributed by atoms with Crippen molar-refractivity contribution in [2.75, 3.05) is 0 Å². The van der Waals surface area contributed by atoms with Crippen LogP contribution in [0.3, 0.4) is 0 Å². The summed E-state index contributed by atoms with van der Waals surface area (Å²) in [5.74, 6) is 0.361. The molecule has 0 bridgehead atoms. The molecule has 0 radical (unpaired) electrons. The van der Waals surface area contributed by atoms with Crippen LogP contribution in [0, 0.1) is 0 Å². The number of carbonyl (C=O) groups is 2. The molecule has 1 aliphatic heterocycles. The second-order valence-corrected chi connectivity index (χ2v) is 9.05. The van der Waals surface area contributed by atoms with Crippen molar-refractivity contribution in [1.82, 2.24) is 14.8 Å².